The Morgan fingerprint density at radius 3 is 2.59 bits per heavy atom. The number of likely N-dealkylation sites (tertiary alicyclic amines) is 1. The number of hydrogen-bond acceptors (Lipinski definition) is 10. The monoisotopic (exact) mass is 602 g/mol. The molecule has 2 bridgehead atoms. The maximum atomic E-state index is 13.6. The van der Waals surface area contributed by atoms with Crippen LogP contribution in [0.1, 0.15) is 42.5 Å². The van der Waals surface area contributed by atoms with Crippen LogP contribution in [-0.4, -0.2) is 70.9 Å². The highest BCUT2D eigenvalue weighted by Crippen LogP contribution is 2.68. The van der Waals surface area contributed by atoms with Crippen LogP contribution in [0.5, 0.6) is 11.5 Å². The quantitative estimate of drug-likeness (QED) is 0.307. The number of imide groups is 1. The van der Waals surface area contributed by atoms with E-state index < -0.39 is 23.8 Å². The largest absolute Gasteiger partial charge is 0.493 e. The number of carboxylic acids is 1. The Bertz CT molecular complexity index is 1470. The molecule has 218 valence electrons. The fourth-order valence-corrected chi connectivity index (χ4v) is 10.3. The minimum absolute atomic E-state index is 0.0110. The zero-order valence-electron chi connectivity index (χ0n) is 22.5. The molecular formula is C28H30N2O9S2. The summed E-state index contributed by atoms with van der Waals surface area (Å²) in [6.07, 6.45) is 0.887. The number of amides is 2. The summed E-state index contributed by atoms with van der Waals surface area (Å²) in [5.41, 5.74) is 0.899. The van der Waals surface area contributed by atoms with Crippen molar-refractivity contribution in [3.63, 3.8) is 0 Å². The van der Waals surface area contributed by atoms with Crippen molar-refractivity contribution in [2.75, 3.05) is 26.9 Å². The molecule has 2 saturated carbocycles. The van der Waals surface area contributed by atoms with Gasteiger partial charge in [-0.2, -0.15) is 0 Å². The minimum atomic E-state index is -0.956. The second kappa shape index (κ2) is 10.8. The molecule has 11 nitrogen and oxygen atoms in total. The molecule has 2 aromatic rings. The summed E-state index contributed by atoms with van der Waals surface area (Å²) in [6.45, 7) is 1.83. The molecule has 3 heterocycles. The minimum Gasteiger partial charge on any atom is -0.493 e. The smallest absolute Gasteiger partial charge is 0.344 e. The number of aliphatic carboxylic acids is 1. The number of aromatic amines is 1. The molecule has 7 atom stereocenters. The van der Waals surface area contributed by atoms with Crippen LogP contribution in [-0.2, 0) is 23.9 Å². The lowest BCUT2D eigenvalue weighted by atomic mass is 9.68. The van der Waals surface area contributed by atoms with E-state index in [2.05, 4.69) is 4.98 Å². The van der Waals surface area contributed by atoms with E-state index in [-0.39, 0.29) is 78.2 Å². The average molecular weight is 603 g/mol. The van der Waals surface area contributed by atoms with Crippen molar-refractivity contribution in [1.82, 2.24) is 9.88 Å². The first-order valence-electron chi connectivity index (χ1n) is 13.7. The van der Waals surface area contributed by atoms with Crippen LogP contribution < -0.4 is 14.3 Å². The van der Waals surface area contributed by atoms with Gasteiger partial charge in [0.1, 0.15) is 0 Å². The van der Waals surface area contributed by atoms with Crippen molar-refractivity contribution in [2.45, 2.75) is 42.4 Å². The number of esters is 1. The molecule has 3 fully saturated rings. The number of H-pyrrole nitrogens is 1. The normalized spacial score (nSPS) is 29.2. The van der Waals surface area contributed by atoms with Gasteiger partial charge in [-0.1, -0.05) is 17.4 Å². The molecule has 6 rings (SSSR count). The maximum absolute atomic E-state index is 13.6. The summed E-state index contributed by atoms with van der Waals surface area (Å²) >= 11 is 2.77. The van der Waals surface area contributed by atoms with E-state index in [0.717, 1.165) is 33.2 Å². The first-order chi connectivity index (χ1) is 19.7. The van der Waals surface area contributed by atoms with Crippen molar-refractivity contribution in [3.8, 4) is 11.5 Å². The summed E-state index contributed by atoms with van der Waals surface area (Å²) in [4.78, 5) is 67.4. The zero-order valence-corrected chi connectivity index (χ0v) is 24.1. The van der Waals surface area contributed by atoms with Gasteiger partial charge in [-0.05, 0) is 55.2 Å². The first kappa shape index (κ1) is 27.8. The third-order valence-electron chi connectivity index (χ3n) is 8.79. The number of aromatic nitrogens is 1. The molecule has 1 aromatic heterocycles. The summed E-state index contributed by atoms with van der Waals surface area (Å²) in [5, 5.41) is 9.85. The highest BCUT2D eigenvalue weighted by Gasteiger charge is 2.69. The Morgan fingerprint density at radius 2 is 1.88 bits per heavy atom. The van der Waals surface area contributed by atoms with Gasteiger partial charge in [0, 0.05) is 29.0 Å². The van der Waals surface area contributed by atoms with Gasteiger partial charge < -0.3 is 24.3 Å². The third-order valence-corrected chi connectivity index (χ3v) is 11.4. The second-order valence-electron chi connectivity index (χ2n) is 10.8. The van der Waals surface area contributed by atoms with Crippen molar-refractivity contribution in [3.05, 3.63) is 38.3 Å². The van der Waals surface area contributed by atoms with Crippen LogP contribution in [0.4, 0.5) is 0 Å². The Balaban J connectivity index is 1.32. The highest BCUT2D eigenvalue weighted by molar-refractivity contribution is 8.00. The fraction of sp³-hybridized carbons (Fsp3) is 0.536. The third kappa shape index (κ3) is 4.62. The van der Waals surface area contributed by atoms with Gasteiger partial charge in [0.2, 0.25) is 11.8 Å². The molecule has 2 aliphatic heterocycles. The lowest BCUT2D eigenvalue weighted by molar-refractivity contribution is -0.145. The lowest BCUT2D eigenvalue weighted by Gasteiger charge is -2.43. The van der Waals surface area contributed by atoms with Crippen LogP contribution in [0.15, 0.2) is 28.0 Å². The molecule has 2 amide bonds. The van der Waals surface area contributed by atoms with Gasteiger partial charge in [-0.25, -0.2) is 4.79 Å². The van der Waals surface area contributed by atoms with Crippen LogP contribution in [0, 0.1) is 29.6 Å². The number of carbonyl (C=O) groups is 4. The van der Waals surface area contributed by atoms with E-state index >= 15 is 0 Å². The summed E-state index contributed by atoms with van der Waals surface area (Å²) in [6, 6.07) is 5.50. The van der Waals surface area contributed by atoms with Crippen molar-refractivity contribution in [1.29, 1.82) is 0 Å². The van der Waals surface area contributed by atoms with Gasteiger partial charge >= 0.3 is 16.8 Å². The van der Waals surface area contributed by atoms with E-state index in [1.807, 2.05) is 12.1 Å². The number of hydrogen-bond donors (Lipinski definition) is 2. The van der Waals surface area contributed by atoms with E-state index in [0.29, 0.717) is 11.5 Å². The Morgan fingerprint density at radius 1 is 1.12 bits per heavy atom. The second-order valence-corrected chi connectivity index (χ2v) is 13.0. The number of benzene rings is 1. The van der Waals surface area contributed by atoms with E-state index in [1.165, 1.54) is 12.0 Å². The maximum Gasteiger partial charge on any atom is 0.344 e. The highest BCUT2D eigenvalue weighted by atomic mass is 32.2. The molecule has 1 aromatic carbocycles. The number of fused-ring (bicyclic) bond motifs is 9. The van der Waals surface area contributed by atoms with Crippen LogP contribution in [0.3, 0.4) is 0 Å². The van der Waals surface area contributed by atoms with Gasteiger partial charge in [-0.15, -0.1) is 11.8 Å². The molecule has 6 unspecified atom stereocenters. The molecule has 13 heteroatoms. The van der Waals surface area contributed by atoms with Gasteiger partial charge in [-0.3, -0.25) is 24.1 Å². The van der Waals surface area contributed by atoms with E-state index in [4.69, 9.17) is 19.3 Å². The van der Waals surface area contributed by atoms with Crippen molar-refractivity contribution >= 4 is 46.9 Å². The summed E-state index contributed by atoms with van der Waals surface area (Å²) < 4.78 is 16.2. The Kier molecular flexibility index (Phi) is 7.35. The number of carboxylic acid groups (broad SMARTS) is 1. The van der Waals surface area contributed by atoms with Crippen molar-refractivity contribution in [2.24, 2.45) is 29.6 Å². The van der Waals surface area contributed by atoms with Crippen LogP contribution in [0.25, 0.3) is 0 Å². The van der Waals surface area contributed by atoms with E-state index in [1.54, 1.807) is 24.8 Å². The molecule has 0 radical (unpaired) electrons. The molecular weight excluding hydrogens is 572 g/mol. The number of methoxy groups -OCH3 is 1. The zero-order chi connectivity index (χ0) is 29.0. The molecule has 1 saturated heterocycles. The lowest BCUT2D eigenvalue weighted by Crippen LogP contribution is -2.42. The van der Waals surface area contributed by atoms with Gasteiger partial charge in [0.25, 0.3) is 0 Å². The Hall–Kier alpha value is -3.32. The molecule has 4 aliphatic rings. The molecule has 2 aliphatic carbocycles. The summed E-state index contributed by atoms with van der Waals surface area (Å²) in [5.74, 6) is -2.13. The number of thioether (sulfide) groups is 1. The molecule has 2 N–H and O–H groups in total. The number of nitrogens with one attached hydrogen (secondary N) is 1. The standard InChI is InChI=1S/C28H30N2O9S2/c1-3-38-18(33)11-39-15-7-6-12(9-16(15)37-2)19-20-13-10-14(23(20)40-25-24(19)41-28(36)29-25)22-21(13)26(34)30(27(22)35)8-4-5-17(31)32/h6-7,9,13-14,19-23H,3-5,8,10-11H2,1-2H3,(H,29,36)(H,31,32)/t13?,14?,19-,20?,21?,22?,23?/m1/s1. The number of carbonyl (C=O) groups excluding carboxylic acids is 3. The average Bonchev–Trinajstić information content (AvgIpc) is 3.67. The molecule has 41 heavy (non-hydrogen) atoms. The number of thiazole rings is 1. The van der Waals surface area contributed by atoms with Crippen LogP contribution >= 0.6 is 23.1 Å². The summed E-state index contributed by atoms with van der Waals surface area (Å²) in [7, 11) is 1.51. The first-order valence-corrected chi connectivity index (χ1v) is 15.4. The fourth-order valence-electron chi connectivity index (χ4n) is 7.40. The topological polar surface area (TPSA) is 152 Å². The number of ether oxygens (including phenoxy) is 3. The van der Waals surface area contributed by atoms with Gasteiger partial charge in [0.15, 0.2) is 18.1 Å². The predicted molar refractivity (Wildman–Crippen MR) is 147 cm³/mol. The Labute approximate surface area is 243 Å². The number of nitrogens with zero attached hydrogens (tertiary/aromatic N) is 1. The van der Waals surface area contributed by atoms with Gasteiger partial charge in [0.05, 0.1) is 30.6 Å². The number of rotatable bonds is 10. The SMILES string of the molecule is CCOC(=O)COc1ccc([C@H]2c3sc(=O)[nH]c3SC3C4CC(C5C(=O)N(CCCC(=O)O)C(=O)C45)C32)cc1OC. The van der Waals surface area contributed by atoms with Crippen molar-refractivity contribution < 1.29 is 38.5 Å². The van der Waals surface area contributed by atoms with E-state index in [9.17, 15) is 24.0 Å². The van der Waals surface area contributed by atoms with Crippen LogP contribution in [0.2, 0.25) is 0 Å². The molecule has 0 spiro atoms. The predicted octanol–water partition coefficient (Wildman–Crippen LogP) is 2.73.